The fourth-order valence-corrected chi connectivity index (χ4v) is 2.51. The number of amides is 1. The van der Waals surface area contributed by atoms with Crippen molar-refractivity contribution in [2.45, 2.75) is 19.8 Å². The van der Waals surface area contributed by atoms with Crippen molar-refractivity contribution >= 4 is 17.6 Å². The van der Waals surface area contributed by atoms with Crippen LogP contribution in [0.15, 0.2) is 24.3 Å². The van der Waals surface area contributed by atoms with Gasteiger partial charge in [-0.05, 0) is 19.1 Å². The number of aryl methyl sites for hydroxylation is 1. The highest BCUT2D eigenvalue weighted by Crippen LogP contribution is 2.09. The van der Waals surface area contributed by atoms with Crippen LogP contribution in [0.4, 0.5) is 5.69 Å². The van der Waals surface area contributed by atoms with E-state index >= 15 is 0 Å². The molecule has 0 unspecified atom stereocenters. The van der Waals surface area contributed by atoms with Gasteiger partial charge in [0, 0.05) is 30.4 Å². The molecule has 1 amide bonds. The van der Waals surface area contributed by atoms with E-state index in [1.165, 1.54) is 0 Å². The number of rotatable bonds is 4. The van der Waals surface area contributed by atoms with E-state index in [0.717, 1.165) is 16.2 Å². The summed E-state index contributed by atoms with van der Waals surface area (Å²) in [7, 11) is 0. The van der Waals surface area contributed by atoms with Crippen molar-refractivity contribution in [3.63, 3.8) is 0 Å². The summed E-state index contributed by atoms with van der Waals surface area (Å²) in [4.78, 5) is 23.8. The van der Waals surface area contributed by atoms with Crippen LogP contribution in [0.1, 0.15) is 18.4 Å². The Bertz CT molecular complexity index is 476. The summed E-state index contributed by atoms with van der Waals surface area (Å²) in [5.41, 5.74) is 1.95. The van der Waals surface area contributed by atoms with Gasteiger partial charge in [0.1, 0.15) is 0 Å². The monoisotopic (exact) mass is 276 g/mol. The number of quaternary nitrogens is 1. The standard InChI is InChI=1S/C15H20N2O3/c1-11-2-4-13(5-3-11)16-14(18)10-17-8-6-12(7-9-17)15(19)20/h2-5,12H,6-10H2,1H3,(H,16,18)(H,19,20). The molecule has 1 aromatic rings. The van der Waals surface area contributed by atoms with Crippen LogP contribution in [0.3, 0.4) is 0 Å². The zero-order valence-electron chi connectivity index (χ0n) is 11.6. The van der Waals surface area contributed by atoms with E-state index in [2.05, 4.69) is 5.32 Å². The second-order valence-electron chi connectivity index (χ2n) is 5.43. The Morgan fingerprint density at radius 3 is 2.40 bits per heavy atom. The van der Waals surface area contributed by atoms with E-state index in [1.807, 2.05) is 31.2 Å². The Balaban J connectivity index is 1.78. The van der Waals surface area contributed by atoms with Crippen LogP contribution >= 0.6 is 0 Å². The van der Waals surface area contributed by atoms with Gasteiger partial charge in [0.05, 0.1) is 13.1 Å². The zero-order chi connectivity index (χ0) is 14.5. The van der Waals surface area contributed by atoms with Crippen molar-refractivity contribution in [1.82, 2.24) is 0 Å². The van der Waals surface area contributed by atoms with Gasteiger partial charge in [0.2, 0.25) is 0 Å². The SMILES string of the molecule is Cc1ccc(NC(=O)C[NH+]2CCC(C(=O)[O-])CC2)cc1. The minimum absolute atomic E-state index is 0.0317. The third kappa shape index (κ3) is 4.06. The summed E-state index contributed by atoms with van der Waals surface area (Å²) in [6.07, 6.45) is 1.19. The zero-order valence-corrected chi connectivity index (χ0v) is 11.6. The fourth-order valence-electron chi connectivity index (χ4n) is 2.51. The van der Waals surface area contributed by atoms with Gasteiger partial charge < -0.3 is 20.1 Å². The maximum atomic E-state index is 11.9. The lowest BCUT2D eigenvalue weighted by Crippen LogP contribution is -3.14. The molecule has 0 atom stereocenters. The number of carboxylic acid groups (broad SMARTS) is 1. The van der Waals surface area contributed by atoms with Crippen LogP contribution in [0.2, 0.25) is 0 Å². The molecule has 1 saturated heterocycles. The number of hydrogen-bond acceptors (Lipinski definition) is 3. The molecule has 1 aromatic carbocycles. The average Bonchev–Trinajstić information content (AvgIpc) is 2.42. The van der Waals surface area contributed by atoms with Crippen LogP contribution in [0, 0.1) is 12.8 Å². The van der Waals surface area contributed by atoms with Crippen molar-refractivity contribution < 1.29 is 19.6 Å². The smallest absolute Gasteiger partial charge is 0.279 e. The average molecular weight is 276 g/mol. The molecule has 0 aliphatic carbocycles. The van der Waals surface area contributed by atoms with E-state index in [9.17, 15) is 14.7 Å². The Morgan fingerprint density at radius 2 is 1.85 bits per heavy atom. The van der Waals surface area contributed by atoms with Crippen LogP contribution in [0.5, 0.6) is 0 Å². The number of piperidine rings is 1. The Morgan fingerprint density at radius 1 is 1.25 bits per heavy atom. The minimum Gasteiger partial charge on any atom is -0.550 e. The minimum atomic E-state index is -0.965. The molecule has 20 heavy (non-hydrogen) atoms. The molecule has 1 fully saturated rings. The molecule has 1 aliphatic heterocycles. The predicted octanol–water partition coefficient (Wildman–Crippen LogP) is -1.02. The molecule has 2 N–H and O–H groups in total. The third-order valence-electron chi connectivity index (χ3n) is 3.77. The van der Waals surface area contributed by atoms with E-state index in [1.54, 1.807) is 0 Å². The fraction of sp³-hybridized carbons (Fsp3) is 0.467. The van der Waals surface area contributed by atoms with Crippen molar-refractivity contribution in [2.75, 3.05) is 25.0 Å². The van der Waals surface area contributed by atoms with Crippen molar-refractivity contribution in [3.05, 3.63) is 29.8 Å². The van der Waals surface area contributed by atoms with E-state index in [-0.39, 0.29) is 11.8 Å². The molecule has 0 spiro atoms. The predicted molar refractivity (Wildman–Crippen MR) is 73.1 cm³/mol. The third-order valence-corrected chi connectivity index (χ3v) is 3.77. The van der Waals surface area contributed by atoms with E-state index in [4.69, 9.17) is 0 Å². The number of aliphatic carboxylic acids is 1. The van der Waals surface area contributed by atoms with Gasteiger partial charge in [-0.15, -0.1) is 0 Å². The first kappa shape index (κ1) is 14.5. The number of anilines is 1. The number of benzene rings is 1. The summed E-state index contributed by atoms with van der Waals surface area (Å²) in [5.74, 6) is -1.34. The topological polar surface area (TPSA) is 73.7 Å². The molecule has 5 heteroatoms. The molecule has 0 saturated carbocycles. The molecule has 1 heterocycles. The Hall–Kier alpha value is -1.88. The van der Waals surface area contributed by atoms with Gasteiger partial charge in [-0.25, -0.2) is 0 Å². The summed E-state index contributed by atoms with van der Waals surface area (Å²) in [6, 6.07) is 7.66. The lowest BCUT2D eigenvalue weighted by Gasteiger charge is -2.29. The summed E-state index contributed by atoms with van der Waals surface area (Å²) >= 11 is 0. The molecule has 108 valence electrons. The number of carboxylic acids is 1. The summed E-state index contributed by atoms with van der Waals surface area (Å²) in [6.45, 7) is 3.80. The number of carbonyl (C=O) groups is 2. The molecule has 0 aromatic heterocycles. The maximum absolute atomic E-state index is 11.9. The highest BCUT2D eigenvalue weighted by atomic mass is 16.4. The van der Waals surface area contributed by atoms with Crippen LogP contribution in [-0.2, 0) is 9.59 Å². The number of nitrogens with one attached hydrogen (secondary N) is 2. The van der Waals surface area contributed by atoms with Crippen LogP contribution in [0.25, 0.3) is 0 Å². The van der Waals surface area contributed by atoms with Gasteiger partial charge >= 0.3 is 0 Å². The first-order valence-corrected chi connectivity index (χ1v) is 6.95. The van der Waals surface area contributed by atoms with Crippen molar-refractivity contribution in [3.8, 4) is 0 Å². The highest BCUT2D eigenvalue weighted by Gasteiger charge is 2.24. The first-order chi connectivity index (χ1) is 9.54. The Kier molecular flexibility index (Phi) is 4.74. The largest absolute Gasteiger partial charge is 0.550 e. The molecule has 5 nitrogen and oxygen atoms in total. The molecular weight excluding hydrogens is 256 g/mol. The van der Waals surface area contributed by atoms with Crippen LogP contribution < -0.4 is 15.3 Å². The van der Waals surface area contributed by atoms with Gasteiger partial charge in [-0.2, -0.15) is 0 Å². The van der Waals surface area contributed by atoms with Crippen molar-refractivity contribution in [2.24, 2.45) is 5.92 Å². The van der Waals surface area contributed by atoms with Crippen LogP contribution in [-0.4, -0.2) is 31.5 Å². The second-order valence-corrected chi connectivity index (χ2v) is 5.43. The lowest BCUT2D eigenvalue weighted by molar-refractivity contribution is -0.897. The lowest BCUT2D eigenvalue weighted by atomic mass is 9.97. The van der Waals surface area contributed by atoms with Crippen molar-refractivity contribution in [1.29, 1.82) is 0 Å². The normalized spacial score (nSPS) is 22.2. The number of hydrogen-bond donors (Lipinski definition) is 2. The van der Waals surface area contributed by atoms with Gasteiger partial charge in [-0.3, -0.25) is 4.79 Å². The second kappa shape index (κ2) is 6.52. The number of carbonyl (C=O) groups excluding carboxylic acids is 2. The first-order valence-electron chi connectivity index (χ1n) is 6.95. The maximum Gasteiger partial charge on any atom is 0.279 e. The number of likely N-dealkylation sites (tertiary alicyclic amines) is 1. The Labute approximate surface area is 118 Å². The van der Waals surface area contributed by atoms with Gasteiger partial charge in [-0.1, -0.05) is 17.7 Å². The van der Waals surface area contributed by atoms with E-state index < -0.39 is 5.97 Å². The summed E-state index contributed by atoms with van der Waals surface area (Å²) in [5, 5.41) is 13.6. The van der Waals surface area contributed by atoms with Gasteiger partial charge in [0.25, 0.3) is 5.91 Å². The molecule has 0 bridgehead atoms. The molecule has 2 rings (SSSR count). The summed E-state index contributed by atoms with van der Waals surface area (Å²) < 4.78 is 0. The molecular formula is C15H20N2O3. The van der Waals surface area contributed by atoms with E-state index in [0.29, 0.717) is 32.5 Å². The molecule has 1 aliphatic rings. The molecule has 0 radical (unpaired) electrons. The van der Waals surface area contributed by atoms with Gasteiger partial charge in [0.15, 0.2) is 6.54 Å². The highest BCUT2D eigenvalue weighted by molar-refractivity contribution is 5.91. The quantitative estimate of drug-likeness (QED) is 0.739.